The SMILES string of the molecule is CN1CCC(NC(=O)c2ccc3c(c2)N=C[NH2+]3)CC1. The third-order valence-electron chi connectivity index (χ3n) is 3.81. The Hall–Kier alpha value is -1.72. The predicted octanol–water partition coefficient (Wildman–Crippen LogP) is 0.379. The molecule has 3 rings (SSSR count). The lowest BCUT2D eigenvalue weighted by molar-refractivity contribution is -0.427. The summed E-state index contributed by atoms with van der Waals surface area (Å²) in [6.45, 7) is 2.10. The number of quaternary nitrogens is 1. The average Bonchev–Trinajstić information content (AvgIpc) is 2.88. The zero-order chi connectivity index (χ0) is 13.2. The van der Waals surface area contributed by atoms with Crippen LogP contribution in [-0.4, -0.2) is 43.3 Å². The van der Waals surface area contributed by atoms with Gasteiger partial charge in [0.25, 0.3) is 5.91 Å². The first-order chi connectivity index (χ1) is 9.22. The Morgan fingerprint density at radius 1 is 1.42 bits per heavy atom. The maximum absolute atomic E-state index is 12.2. The molecule has 100 valence electrons. The van der Waals surface area contributed by atoms with Crippen LogP contribution in [0.2, 0.25) is 0 Å². The summed E-state index contributed by atoms with van der Waals surface area (Å²) in [5.74, 6) is 0.0134. The number of piperidine rings is 1. The van der Waals surface area contributed by atoms with Crippen LogP contribution < -0.4 is 10.6 Å². The first-order valence-electron chi connectivity index (χ1n) is 6.73. The second-order valence-corrected chi connectivity index (χ2v) is 5.27. The third kappa shape index (κ3) is 2.67. The van der Waals surface area contributed by atoms with Crippen molar-refractivity contribution in [1.29, 1.82) is 0 Å². The number of amides is 1. The summed E-state index contributed by atoms with van der Waals surface area (Å²) in [5, 5.41) is 5.07. The second-order valence-electron chi connectivity index (χ2n) is 5.27. The van der Waals surface area contributed by atoms with Gasteiger partial charge in [0.1, 0.15) is 5.69 Å². The van der Waals surface area contributed by atoms with Crippen molar-refractivity contribution in [2.24, 2.45) is 4.99 Å². The molecule has 0 bridgehead atoms. The van der Waals surface area contributed by atoms with Crippen LogP contribution in [0.5, 0.6) is 0 Å². The molecule has 0 atom stereocenters. The standard InChI is InChI=1S/C14H18N4O/c1-18-6-4-11(5-7-18)17-14(19)10-2-3-12-13(8-10)16-9-15-12/h2-3,8-9,11H,4-7H2,1H3,(H,15,16)(H,17,19)/p+1. The van der Waals surface area contributed by atoms with E-state index in [4.69, 9.17) is 0 Å². The van der Waals surface area contributed by atoms with Crippen LogP contribution in [0.4, 0.5) is 11.4 Å². The highest BCUT2D eigenvalue weighted by atomic mass is 16.1. The lowest BCUT2D eigenvalue weighted by Gasteiger charge is -2.29. The van der Waals surface area contributed by atoms with Crippen LogP contribution in [0, 0.1) is 0 Å². The van der Waals surface area contributed by atoms with Gasteiger partial charge in [-0.1, -0.05) is 0 Å². The quantitative estimate of drug-likeness (QED) is 0.754. The molecular weight excluding hydrogens is 240 g/mol. The van der Waals surface area contributed by atoms with Crippen molar-refractivity contribution in [2.75, 3.05) is 20.1 Å². The molecule has 1 aromatic carbocycles. The molecule has 2 heterocycles. The van der Waals surface area contributed by atoms with Crippen molar-refractivity contribution in [2.45, 2.75) is 18.9 Å². The first kappa shape index (κ1) is 12.3. The Labute approximate surface area is 112 Å². The van der Waals surface area contributed by atoms with E-state index < -0.39 is 0 Å². The van der Waals surface area contributed by atoms with E-state index in [1.807, 2.05) is 23.5 Å². The molecule has 0 unspecified atom stereocenters. The minimum Gasteiger partial charge on any atom is -0.349 e. The van der Waals surface area contributed by atoms with E-state index in [-0.39, 0.29) is 5.91 Å². The van der Waals surface area contributed by atoms with Gasteiger partial charge in [-0.3, -0.25) is 10.1 Å². The zero-order valence-corrected chi connectivity index (χ0v) is 11.1. The van der Waals surface area contributed by atoms with Crippen molar-refractivity contribution in [1.82, 2.24) is 10.2 Å². The van der Waals surface area contributed by atoms with E-state index >= 15 is 0 Å². The average molecular weight is 259 g/mol. The lowest BCUT2D eigenvalue weighted by atomic mass is 10.0. The van der Waals surface area contributed by atoms with Gasteiger partial charge < -0.3 is 10.2 Å². The Bertz CT molecular complexity index is 518. The molecule has 0 aromatic heterocycles. The highest BCUT2D eigenvalue weighted by Crippen LogP contribution is 2.24. The van der Waals surface area contributed by atoms with E-state index in [0.29, 0.717) is 11.6 Å². The van der Waals surface area contributed by atoms with Gasteiger partial charge in [-0.2, -0.15) is 4.99 Å². The number of fused-ring (bicyclic) bond motifs is 1. The van der Waals surface area contributed by atoms with Crippen molar-refractivity contribution in [3.8, 4) is 0 Å². The Morgan fingerprint density at radius 2 is 2.21 bits per heavy atom. The number of nitrogens with one attached hydrogen (secondary N) is 1. The summed E-state index contributed by atoms with van der Waals surface area (Å²) in [7, 11) is 2.12. The number of benzene rings is 1. The number of likely N-dealkylation sites (tertiary alicyclic amines) is 1. The van der Waals surface area contributed by atoms with Crippen molar-refractivity contribution >= 4 is 23.6 Å². The van der Waals surface area contributed by atoms with Crippen LogP contribution in [0.25, 0.3) is 0 Å². The molecule has 1 amide bonds. The van der Waals surface area contributed by atoms with Gasteiger partial charge in [0.05, 0.1) is 0 Å². The number of carbonyl (C=O) groups is 1. The summed E-state index contributed by atoms with van der Waals surface area (Å²) in [4.78, 5) is 18.7. The van der Waals surface area contributed by atoms with E-state index in [2.05, 4.69) is 22.3 Å². The van der Waals surface area contributed by atoms with Crippen LogP contribution in [-0.2, 0) is 0 Å². The molecule has 2 aliphatic heterocycles. The van der Waals surface area contributed by atoms with Gasteiger partial charge >= 0.3 is 0 Å². The smallest absolute Gasteiger partial charge is 0.251 e. The molecule has 0 radical (unpaired) electrons. The monoisotopic (exact) mass is 259 g/mol. The molecule has 2 aliphatic rings. The second kappa shape index (κ2) is 5.11. The fourth-order valence-corrected chi connectivity index (χ4v) is 2.56. The normalized spacial score (nSPS) is 19.4. The summed E-state index contributed by atoms with van der Waals surface area (Å²) in [6, 6.07) is 5.98. The highest BCUT2D eigenvalue weighted by Gasteiger charge is 2.20. The molecule has 0 saturated carbocycles. The van der Waals surface area contributed by atoms with Gasteiger partial charge in [-0.15, -0.1) is 0 Å². The van der Waals surface area contributed by atoms with Gasteiger partial charge in [0.15, 0.2) is 12.0 Å². The van der Waals surface area contributed by atoms with Crippen LogP contribution in [0.3, 0.4) is 0 Å². The maximum atomic E-state index is 12.2. The van der Waals surface area contributed by atoms with Gasteiger partial charge in [0.2, 0.25) is 0 Å². The van der Waals surface area contributed by atoms with E-state index in [9.17, 15) is 4.79 Å². The van der Waals surface area contributed by atoms with Gasteiger partial charge in [-0.05, 0) is 45.1 Å². The fourth-order valence-electron chi connectivity index (χ4n) is 2.56. The van der Waals surface area contributed by atoms with Crippen molar-refractivity contribution in [3.05, 3.63) is 23.8 Å². The molecule has 3 N–H and O–H groups in total. The predicted molar refractivity (Wildman–Crippen MR) is 74.2 cm³/mol. The van der Waals surface area contributed by atoms with Crippen molar-refractivity contribution < 1.29 is 10.1 Å². The summed E-state index contributed by atoms with van der Waals surface area (Å²) in [6.07, 6.45) is 3.82. The Balaban J connectivity index is 1.65. The number of hydrogen-bond acceptors (Lipinski definition) is 3. The minimum absolute atomic E-state index is 0.0134. The molecule has 1 fully saturated rings. The molecular formula is C14H19N4O+. The third-order valence-corrected chi connectivity index (χ3v) is 3.81. The fraction of sp³-hybridized carbons (Fsp3) is 0.429. The molecule has 1 aromatic rings. The minimum atomic E-state index is 0.0134. The van der Waals surface area contributed by atoms with Crippen LogP contribution in [0.15, 0.2) is 23.2 Å². The van der Waals surface area contributed by atoms with Gasteiger partial charge in [-0.25, -0.2) is 0 Å². The molecule has 1 saturated heterocycles. The van der Waals surface area contributed by atoms with E-state index in [1.165, 1.54) is 0 Å². The molecule has 19 heavy (non-hydrogen) atoms. The number of hydrogen-bond donors (Lipinski definition) is 2. The number of nitrogens with two attached hydrogens (primary N) is 1. The van der Waals surface area contributed by atoms with Crippen LogP contribution >= 0.6 is 0 Å². The van der Waals surface area contributed by atoms with Crippen LogP contribution in [0.1, 0.15) is 23.2 Å². The molecule has 5 heteroatoms. The highest BCUT2D eigenvalue weighted by molar-refractivity contribution is 5.96. The summed E-state index contributed by atoms with van der Waals surface area (Å²) in [5.41, 5.74) is 2.66. The Morgan fingerprint density at radius 3 is 3.00 bits per heavy atom. The van der Waals surface area contributed by atoms with E-state index in [1.54, 1.807) is 6.34 Å². The molecule has 0 aliphatic carbocycles. The zero-order valence-electron chi connectivity index (χ0n) is 11.1. The van der Waals surface area contributed by atoms with Crippen molar-refractivity contribution in [3.63, 3.8) is 0 Å². The maximum Gasteiger partial charge on any atom is 0.251 e. The summed E-state index contributed by atoms with van der Waals surface area (Å²) < 4.78 is 0. The molecule has 0 spiro atoms. The Kier molecular flexibility index (Phi) is 3.31. The number of aliphatic imine (C=N–C) groups is 1. The number of rotatable bonds is 2. The number of carbonyl (C=O) groups excluding carboxylic acids is 1. The lowest BCUT2D eigenvalue weighted by Crippen LogP contribution is -2.74. The van der Waals surface area contributed by atoms with E-state index in [0.717, 1.165) is 37.3 Å². The van der Waals surface area contributed by atoms with Gasteiger partial charge in [0, 0.05) is 17.7 Å². The first-order valence-corrected chi connectivity index (χ1v) is 6.73. The topological polar surface area (TPSA) is 61.3 Å². The largest absolute Gasteiger partial charge is 0.349 e. The molecule has 5 nitrogen and oxygen atoms in total. The summed E-state index contributed by atoms with van der Waals surface area (Å²) >= 11 is 0. The number of nitrogens with zero attached hydrogens (tertiary/aromatic N) is 2.